The van der Waals surface area contributed by atoms with Crippen molar-refractivity contribution in [2.75, 3.05) is 0 Å². The standard InChI is InChI=1S/C23H13F3N6/c24-13-5-7-20-16(9-13)22-23(28-19-4-2-1-3-18(19)27-22)31(20)11-15-12-32(30-29-15)21-8-6-14(25)10-17(21)26/h1-10,12H,11H2. The zero-order valence-electron chi connectivity index (χ0n) is 16.4. The average molecular weight is 430 g/mol. The number of benzene rings is 3. The highest BCUT2D eigenvalue weighted by Gasteiger charge is 2.17. The Morgan fingerprint density at radius 1 is 0.812 bits per heavy atom. The van der Waals surface area contributed by atoms with Gasteiger partial charge in [-0.1, -0.05) is 17.3 Å². The van der Waals surface area contributed by atoms with E-state index in [1.54, 1.807) is 12.3 Å². The maximum atomic E-state index is 14.1. The molecule has 0 amide bonds. The van der Waals surface area contributed by atoms with Gasteiger partial charge in [-0.2, -0.15) is 0 Å². The summed E-state index contributed by atoms with van der Waals surface area (Å²) in [6, 6.07) is 15.2. The van der Waals surface area contributed by atoms with Crippen LogP contribution < -0.4 is 0 Å². The van der Waals surface area contributed by atoms with Gasteiger partial charge >= 0.3 is 0 Å². The van der Waals surface area contributed by atoms with Gasteiger partial charge in [-0.15, -0.1) is 5.10 Å². The molecular formula is C23H13F3N6. The molecule has 0 bridgehead atoms. The van der Waals surface area contributed by atoms with Crippen LogP contribution >= 0.6 is 0 Å². The minimum Gasteiger partial charge on any atom is -0.318 e. The van der Waals surface area contributed by atoms with E-state index in [4.69, 9.17) is 9.97 Å². The lowest BCUT2D eigenvalue weighted by Gasteiger charge is -2.05. The molecule has 0 unspecified atom stereocenters. The van der Waals surface area contributed by atoms with E-state index in [1.165, 1.54) is 22.9 Å². The third-order valence-electron chi connectivity index (χ3n) is 5.33. The van der Waals surface area contributed by atoms with Crippen molar-refractivity contribution < 1.29 is 13.2 Å². The second-order valence-corrected chi connectivity index (χ2v) is 7.38. The smallest absolute Gasteiger partial charge is 0.160 e. The summed E-state index contributed by atoms with van der Waals surface area (Å²) in [5.41, 5.74) is 3.91. The molecule has 0 aliphatic heterocycles. The first-order valence-corrected chi connectivity index (χ1v) is 9.78. The first-order valence-electron chi connectivity index (χ1n) is 9.78. The van der Waals surface area contributed by atoms with Crippen molar-refractivity contribution in [3.05, 3.63) is 90.0 Å². The third-order valence-corrected chi connectivity index (χ3v) is 5.33. The van der Waals surface area contributed by atoms with Gasteiger partial charge in [0.05, 0.1) is 29.3 Å². The Balaban J connectivity index is 1.51. The SMILES string of the molecule is Fc1ccc(-n2cc(Cn3c4ccc(F)cc4c4nc5ccccc5nc43)nn2)c(F)c1. The summed E-state index contributed by atoms with van der Waals surface area (Å²) in [4.78, 5) is 9.46. The van der Waals surface area contributed by atoms with Gasteiger partial charge in [0, 0.05) is 11.5 Å². The van der Waals surface area contributed by atoms with Crippen LogP contribution in [0.5, 0.6) is 0 Å². The van der Waals surface area contributed by atoms with Crippen LogP contribution in [0, 0.1) is 17.5 Å². The molecule has 9 heteroatoms. The molecule has 3 heterocycles. The Bertz CT molecular complexity index is 1650. The third kappa shape index (κ3) is 2.89. The molecule has 0 radical (unpaired) electrons. The molecule has 3 aromatic heterocycles. The Kier molecular flexibility index (Phi) is 3.97. The van der Waals surface area contributed by atoms with Gasteiger partial charge in [0.15, 0.2) is 11.5 Å². The van der Waals surface area contributed by atoms with Crippen LogP contribution in [0.4, 0.5) is 13.2 Å². The molecule has 0 fully saturated rings. The summed E-state index contributed by atoms with van der Waals surface area (Å²) in [5.74, 6) is -1.79. The molecule has 6 rings (SSSR count). The quantitative estimate of drug-likeness (QED) is 0.405. The molecular weight excluding hydrogens is 417 g/mol. The van der Waals surface area contributed by atoms with Crippen molar-refractivity contribution in [2.45, 2.75) is 6.54 Å². The van der Waals surface area contributed by atoms with E-state index in [2.05, 4.69) is 10.3 Å². The Labute approximate surface area is 178 Å². The first kappa shape index (κ1) is 18.5. The van der Waals surface area contributed by atoms with Gasteiger partial charge in [-0.25, -0.2) is 27.8 Å². The summed E-state index contributed by atoms with van der Waals surface area (Å²) in [5, 5.41) is 8.74. The second-order valence-electron chi connectivity index (χ2n) is 7.38. The maximum Gasteiger partial charge on any atom is 0.160 e. The zero-order chi connectivity index (χ0) is 21.8. The van der Waals surface area contributed by atoms with Crippen molar-refractivity contribution in [1.82, 2.24) is 29.5 Å². The average Bonchev–Trinajstić information content (AvgIpc) is 3.35. The minimum atomic E-state index is -0.744. The molecule has 0 atom stereocenters. The van der Waals surface area contributed by atoms with Gasteiger partial charge < -0.3 is 4.57 Å². The fraction of sp³-hybridized carbons (Fsp3) is 0.0435. The molecule has 32 heavy (non-hydrogen) atoms. The number of rotatable bonds is 3. The molecule has 0 saturated heterocycles. The minimum absolute atomic E-state index is 0.0835. The number of fused-ring (bicyclic) bond motifs is 4. The van der Waals surface area contributed by atoms with Gasteiger partial charge in [-0.3, -0.25) is 0 Å². The summed E-state index contributed by atoms with van der Waals surface area (Å²) in [7, 11) is 0. The normalized spacial score (nSPS) is 11.7. The number of hydrogen-bond acceptors (Lipinski definition) is 4. The lowest BCUT2D eigenvalue weighted by molar-refractivity contribution is 0.572. The van der Waals surface area contributed by atoms with Crippen LogP contribution in [0.15, 0.2) is 66.9 Å². The number of para-hydroxylation sites is 2. The maximum absolute atomic E-state index is 14.1. The molecule has 0 N–H and O–H groups in total. The number of aromatic nitrogens is 6. The Morgan fingerprint density at radius 2 is 1.56 bits per heavy atom. The Morgan fingerprint density at radius 3 is 2.38 bits per heavy atom. The van der Waals surface area contributed by atoms with Gasteiger partial charge in [0.25, 0.3) is 0 Å². The number of nitrogens with zero attached hydrogens (tertiary/aromatic N) is 6. The van der Waals surface area contributed by atoms with Gasteiger partial charge in [0.2, 0.25) is 0 Å². The first-order chi connectivity index (χ1) is 15.6. The van der Waals surface area contributed by atoms with Crippen LogP contribution in [-0.4, -0.2) is 29.5 Å². The van der Waals surface area contributed by atoms with E-state index in [1.807, 2.05) is 28.8 Å². The van der Waals surface area contributed by atoms with E-state index < -0.39 is 11.6 Å². The molecule has 0 aliphatic carbocycles. The lowest BCUT2D eigenvalue weighted by Crippen LogP contribution is -2.02. The molecule has 0 aliphatic rings. The van der Waals surface area contributed by atoms with Crippen molar-refractivity contribution in [3.8, 4) is 5.69 Å². The summed E-state index contributed by atoms with van der Waals surface area (Å²) < 4.78 is 44.5. The van der Waals surface area contributed by atoms with Crippen molar-refractivity contribution in [2.24, 2.45) is 0 Å². The molecule has 0 saturated carbocycles. The fourth-order valence-corrected chi connectivity index (χ4v) is 3.88. The summed E-state index contributed by atoms with van der Waals surface area (Å²) in [6.07, 6.45) is 1.56. The van der Waals surface area contributed by atoms with Gasteiger partial charge in [-0.05, 0) is 42.5 Å². The topological polar surface area (TPSA) is 61.4 Å². The van der Waals surface area contributed by atoms with Crippen LogP contribution in [0.25, 0.3) is 38.8 Å². The summed E-state index contributed by atoms with van der Waals surface area (Å²) in [6.45, 7) is 0.251. The van der Waals surface area contributed by atoms with Crippen molar-refractivity contribution in [1.29, 1.82) is 0 Å². The molecule has 156 valence electrons. The number of hydrogen-bond donors (Lipinski definition) is 0. The Hall–Kier alpha value is -4.27. The monoisotopic (exact) mass is 430 g/mol. The second kappa shape index (κ2) is 6.88. The molecule has 3 aromatic carbocycles. The molecule has 0 spiro atoms. The van der Waals surface area contributed by atoms with Gasteiger partial charge in [0.1, 0.15) is 28.5 Å². The van der Waals surface area contributed by atoms with Crippen LogP contribution in [0.2, 0.25) is 0 Å². The van der Waals surface area contributed by atoms with E-state index in [9.17, 15) is 13.2 Å². The molecule has 6 aromatic rings. The highest BCUT2D eigenvalue weighted by molar-refractivity contribution is 6.06. The van der Waals surface area contributed by atoms with Crippen LogP contribution in [-0.2, 0) is 6.54 Å². The number of halogens is 3. The van der Waals surface area contributed by atoms with E-state index in [0.717, 1.165) is 17.6 Å². The van der Waals surface area contributed by atoms with Crippen LogP contribution in [0.1, 0.15) is 5.69 Å². The van der Waals surface area contributed by atoms with E-state index >= 15 is 0 Å². The fourth-order valence-electron chi connectivity index (χ4n) is 3.88. The highest BCUT2D eigenvalue weighted by atomic mass is 19.1. The largest absolute Gasteiger partial charge is 0.318 e. The van der Waals surface area contributed by atoms with Crippen molar-refractivity contribution in [3.63, 3.8) is 0 Å². The zero-order valence-corrected chi connectivity index (χ0v) is 16.4. The van der Waals surface area contributed by atoms with Crippen molar-refractivity contribution >= 4 is 33.1 Å². The predicted molar refractivity (Wildman–Crippen MR) is 113 cm³/mol. The van der Waals surface area contributed by atoms with E-state index in [0.29, 0.717) is 33.3 Å². The molecule has 6 nitrogen and oxygen atoms in total. The predicted octanol–water partition coefficient (Wildman–Crippen LogP) is 4.78. The lowest BCUT2D eigenvalue weighted by atomic mass is 10.2. The highest BCUT2D eigenvalue weighted by Crippen LogP contribution is 2.29. The van der Waals surface area contributed by atoms with E-state index in [-0.39, 0.29) is 18.0 Å². The summed E-state index contributed by atoms with van der Waals surface area (Å²) >= 11 is 0. The van der Waals surface area contributed by atoms with Crippen LogP contribution in [0.3, 0.4) is 0 Å².